The average Bonchev–Trinajstić information content (AvgIpc) is 0.750. The molecule has 30 atom stereocenters. The summed E-state index contributed by atoms with van der Waals surface area (Å²) in [5.41, 5.74) is 0. The van der Waals surface area contributed by atoms with Gasteiger partial charge in [-0.3, -0.25) is 19.2 Å². The summed E-state index contributed by atoms with van der Waals surface area (Å²) in [7, 11) is 0. The van der Waals surface area contributed by atoms with Gasteiger partial charge in [0.2, 0.25) is 23.6 Å². The van der Waals surface area contributed by atoms with Crippen LogP contribution >= 0.6 is 0 Å². The van der Waals surface area contributed by atoms with Crippen molar-refractivity contribution in [2.75, 3.05) is 39.6 Å². The number of allylic oxidation sites excluding steroid dienone is 2. The molecule has 0 bridgehead atoms. The van der Waals surface area contributed by atoms with Crippen LogP contribution in [-0.2, 0) is 80.9 Å². The molecule has 41 heteroatoms. The summed E-state index contributed by atoms with van der Waals surface area (Å²) in [5, 5.41) is 235. The van der Waals surface area contributed by atoms with Gasteiger partial charge in [-0.1, -0.05) is 161 Å². The van der Waals surface area contributed by atoms with Crippen LogP contribution in [-0.4, -0.2) is 366 Å². The predicted octanol–water partition coefficient (Wildman–Crippen LogP) is -2.49. The van der Waals surface area contributed by atoms with Crippen LogP contribution < -0.4 is 21.3 Å². The lowest BCUT2D eigenvalue weighted by Gasteiger charge is -2.51. The van der Waals surface area contributed by atoms with E-state index in [4.69, 9.17) is 47.4 Å². The third kappa shape index (κ3) is 31.7. The highest BCUT2D eigenvalue weighted by molar-refractivity contribution is 5.79. The van der Waals surface area contributed by atoms with Gasteiger partial charge in [-0.25, -0.2) is 14.4 Å². The molecule has 0 radical (unpaired) electrons. The molecule has 5 heterocycles. The molecule has 5 fully saturated rings. The summed E-state index contributed by atoms with van der Waals surface area (Å²) in [4.78, 5) is 92.1. The number of aliphatic carboxylic acids is 3. The Morgan fingerprint density at radius 1 is 0.434 bits per heavy atom. The minimum absolute atomic E-state index is 0.133. The molecule has 5 saturated heterocycles. The van der Waals surface area contributed by atoms with E-state index >= 15 is 0 Å². The van der Waals surface area contributed by atoms with Crippen molar-refractivity contribution in [2.45, 2.75) is 416 Å². The number of hydrogen-bond acceptors (Lipinski definition) is 34. The minimum Gasteiger partial charge on any atom is -0.477 e. The molecule has 0 aromatic carbocycles. The lowest BCUT2D eigenvalue weighted by Crippen LogP contribution is -2.72. The topological polar surface area (TPSA) is 665 Å². The van der Waals surface area contributed by atoms with Crippen LogP contribution in [0.15, 0.2) is 12.2 Å². The number of aliphatic hydroxyl groups excluding tert-OH is 17. The summed E-state index contributed by atoms with van der Waals surface area (Å²) in [6.45, 7) is -0.0309. The molecule has 5 aliphatic heterocycles. The van der Waals surface area contributed by atoms with E-state index in [1.54, 1.807) is 0 Å². The highest BCUT2D eigenvalue weighted by atomic mass is 16.8. The molecule has 5 rings (SSSR count). The van der Waals surface area contributed by atoms with Gasteiger partial charge in [-0.2, -0.15) is 0 Å². The number of nitrogens with one attached hydrogen (secondary N) is 4. The highest BCUT2D eigenvalue weighted by Crippen LogP contribution is 2.43. The van der Waals surface area contributed by atoms with Gasteiger partial charge in [-0.05, 0) is 38.5 Å². The third-order valence-electron chi connectivity index (χ3n) is 23.0. The SMILES string of the molecule is CCCCCCCC/C=C\CCCCCCCC(=O)N[C@@H](CO[C@@H]1O[C@H](CO)[C@@H](O[C@@H]2O[C@H](CO)[C@H](O)[C@H](O[C@]3(C(=O)O)C[C@H](O)[C@@H](NC(C)=O)C([C@H](O)[C@@H](CO)O[C@]4(C(=O)O)C[C@H](O)[C@@H](NC(C)=O)C([C@H](O)[C@@H](CO)O[C@]5(C(=O)O)C[C@H](O)[C@@H](NC(C)=O)C([C@H](O)[C@H](O)CO)O5)O4)O3)[C@H]2O)[C@H](O)[C@H]1O)[C@H](O)CCCCCCCCCCCCCCC. The van der Waals surface area contributed by atoms with Gasteiger partial charge < -0.3 is 171 Å². The van der Waals surface area contributed by atoms with Crippen molar-refractivity contribution in [3.05, 3.63) is 12.2 Å². The molecule has 3 unspecified atom stereocenters. The van der Waals surface area contributed by atoms with Crippen molar-refractivity contribution in [2.24, 2.45) is 0 Å². The molecule has 0 saturated carbocycles. The van der Waals surface area contributed by atoms with E-state index < -0.39 is 277 Å². The smallest absolute Gasteiger partial charge is 0.364 e. The summed E-state index contributed by atoms with van der Waals surface area (Å²) >= 11 is 0. The molecule has 0 aliphatic carbocycles. The molecule has 122 heavy (non-hydrogen) atoms. The number of ether oxygens (including phenoxy) is 10. The zero-order valence-corrected chi connectivity index (χ0v) is 70.8. The number of carboxylic acid groups (broad SMARTS) is 3. The van der Waals surface area contributed by atoms with Crippen molar-refractivity contribution < 1.29 is 183 Å². The molecule has 708 valence electrons. The molecule has 24 N–H and O–H groups in total. The Morgan fingerprint density at radius 2 is 0.820 bits per heavy atom. The fourth-order valence-electron chi connectivity index (χ4n) is 16.1. The van der Waals surface area contributed by atoms with Crippen molar-refractivity contribution >= 4 is 41.5 Å². The van der Waals surface area contributed by atoms with E-state index in [0.29, 0.717) is 12.8 Å². The van der Waals surface area contributed by atoms with Crippen LogP contribution in [0.2, 0.25) is 0 Å². The normalized spacial score (nSPS) is 32.8. The zero-order chi connectivity index (χ0) is 90.6. The van der Waals surface area contributed by atoms with Gasteiger partial charge in [0.1, 0.15) is 104 Å². The average molecular weight is 1760 g/mol. The second-order valence-corrected chi connectivity index (χ2v) is 32.9. The summed E-state index contributed by atoms with van der Waals surface area (Å²) in [5.74, 6) is -20.6. The van der Waals surface area contributed by atoms with Crippen molar-refractivity contribution in [1.29, 1.82) is 0 Å². The van der Waals surface area contributed by atoms with Crippen molar-refractivity contribution in [3.8, 4) is 0 Å². The molecule has 5 aliphatic rings. The van der Waals surface area contributed by atoms with E-state index in [1.165, 1.54) is 83.5 Å². The summed E-state index contributed by atoms with van der Waals surface area (Å²) in [6, 6.07) is -6.94. The van der Waals surface area contributed by atoms with Gasteiger partial charge >= 0.3 is 17.9 Å². The second kappa shape index (κ2) is 54.3. The Balaban J connectivity index is 1.35. The fraction of sp³-hybridized carbons (Fsp3) is 0.889. The Hall–Kier alpha value is -5.05. The summed E-state index contributed by atoms with van der Waals surface area (Å²) < 4.78 is 58.3. The first-order valence-corrected chi connectivity index (χ1v) is 43.3. The van der Waals surface area contributed by atoms with Crippen LogP contribution in [0.1, 0.15) is 234 Å². The number of carboxylic acids is 3. The quantitative estimate of drug-likeness (QED) is 0.0221. The van der Waals surface area contributed by atoms with E-state index in [9.17, 15) is 136 Å². The molecular formula is C81H142N4O37. The maximum Gasteiger partial charge on any atom is 0.364 e. The Labute approximate surface area is 711 Å². The number of carbonyl (C=O) groups excluding carboxylic acids is 4. The fourth-order valence-corrected chi connectivity index (χ4v) is 16.1. The van der Waals surface area contributed by atoms with E-state index in [-0.39, 0.29) is 18.7 Å². The van der Waals surface area contributed by atoms with Crippen LogP contribution in [0.5, 0.6) is 0 Å². The highest BCUT2D eigenvalue weighted by Gasteiger charge is 2.64. The first-order chi connectivity index (χ1) is 58.0. The van der Waals surface area contributed by atoms with Gasteiger partial charge in [-0.15, -0.1) is 0 Å². The monoisotopic (exact) mass is 1760 g/mol. The Bertz CT molecular complexity index is 3100. The van der Waals surface area contributed by atoms with Crippen LogP contribution in [0.25, 0.3) is 0 Å². The molecular weight excluding hydrogens is 1620 g/mol. The number of unbranched alkanes of at least 4 members (excludes halogenated alkanes) is 23. The first kappa shape index (κ1) is 107. The maximum atomic E-state index is 13.8. The molecule has 41 nitrogen and oxygen atoms in total. The minimum atomic E-state index is -3.57. The Kier molecular flexibility index (Phi) is 47.9. The number of rotatable bonds is 59. The lowest BCUT2D eigenvalue weighted by atomic mass is 9.86. The van der Waals surface area contributed by atoms with Gasteiger partial charge in [0, 0.05) is 46.5 Å². The van der Waals surface area contributed by atoms with Crippen molar-refractivity contribution in [1.82, 2.24) is 21.3 Å². The lowest BCUT2D eigenvalue weighted by molar-refractivity contribution is -0.388. The van der Waals surface area contributed by atoms with E-state index in [2.05, 4.69) is 47.3 Å². The Morgan fingerprint density at radius 3 is 1.22 bits per heavy atom. The number of carbonyl (C=O) groups is 7. The number of hydrogen-bond donors (Lipinski definition) is 24. The van der Waals surface area contributed by atoms with E-state index in [1.807, 2.05) is 0 Å². The molecule has 0 aromatic heterocycles. The molecule has 0 spiro atoms. The number of aliphatic hydroxyl groups is 17. The third-order valence-corrected chi connectivity index (χ3v) is 23.0. The van der Waals surface area contributed by atoms with E-state index in [0.717, 1.165) is 91.4 Å². The van der Waals surface area contributed by atoms with Crippen molar-refractivity contribution in [3.63, 3.8) is 0 Å². The van der Waals surface area contributed by atoms with Crippen LogP contribution in [0.4, 0.5) is 0 Å². The van der Waals surface area contributed by atoms with Gasteiger partial charge in [0.15, 0.2) is 12.6 Å². The van der Waals surface area contributed by atoms with Crippen LogP contribution in [0.3, 0.4) is 0 Å². The molecule has 0 aromatic rings. The van der Waals surface area contributed by atoms with Gasteiger partial charge in [0.05, 0.1) is 88.2 Å². The standard InChI is InChI=1S/C81H142N4O37/c1-6-8-10-12-14-16-18-20-21-23-25-27-29-31-33-35-58(99)85-48(49(94)34-32-30-28-26-24-22-19-17-15-13-11-9-7-2)44-113-74-67(105)66(104)69(57(43-90)115-74)116-75-68(106)73(63(101)54(40-87)114-75)122-81(78(111)112)38-52(97)61(84-47(5)93)72(121-81)65(103)56(42-89)118-80(77(109)110)37-51(96)60(83-46(4)92)71(120-80)64(102)55(41-88)117-79(76(107)108)36-50(95)59(82-45(3)91)70(119-79)62(100)53(98)39-86/h20-21,48-57,59-75,86-90,94-98,100-106H,6-19,22-44H2,1-5H3,(H,82,91)(H,83,92)(H,84,93)(H,85,99)(H,107,108)(H,109,110)(H,111,112)/b21-20-/t48-,49+,50-,51-,52-,53+,54+,55+,56+,57+,59+,60+,61+,62+,63-,64+,65+,66+,67+,68+,69+,70?,71?,72?,73-,74+,75-,79+,80+,81-/m0/s1. The zero-order valence-electron chi connectivity index (χ0n) is 70.8. The largest absolute Gasteiger partial charge is 0.477 e. The summed E-state index contributed by atoms with van der Waals surface area (Å²) in [6.07, 6.45) is -22.9. The number of amides is 4. The second-order valence-electron chi connectivity index (χ2n) is 32.9. The molecule has 4 amide bonds. The maximum absolute atomic E-state index is 13.8. The van der Waals surface area contributed by atoms with Gasteiger partial charge in [0.25, 0.3) is 17.4 Å². The van der Waals surface area contributed by atoms with Crippen LogP contribution in [0, 0.1) is 0 Å². The first-order valence-electron chi connectivity index (χ1n) is 43.3. The predicted molar refractivity (Wildman–Crippen MR) is 424 cm³/mol.